The van der Waals surface area contributed by atoms with Gasteiger partial charge < -0.3 is 14.5 Å². The maximum atomic E-state index is 14.2. The van der Waals surface area contributed by atoms with E-state index in [9.17, 15) is 22.4 Å². The number of nitrogens with one attached hydrogen (secondary N) is 1. The number of carbonyl (C=O) groups is 1. The number of anilines is 1. The third-order valence-corrected chi connectivity index (χ3v) is 4.73. The Kier molecular flexibility index (Phi) is 5.28. The molecule has 0 bridgehead atoms. The Morgan fingerprint density at radius 2 is 1.71 bits per heavy atom. The molecule has 4 aromatic rings. The topological polar surface area (TPSA) is 64.4 Å². The van der Waals surface area contributed by atoms with Crippen LogP contribution in [-0.2, 0) is 0 Å². The minimum absolute atomic E-state index is 0.0620. The van der Waals surface area contributed by atoms with Gasteiger partial charge in [0.2, 0.25) is 17.5 Å². The van der Waals surface area contributed by atoms with Gasteiger partial charge in [0, 0.05) is 5.69 Å². The second-order valence-corrected chi connectivity index (χ2v) is 6.71. The summed E-state index contributed by atoms with van der Waals surface area (Å²) in [6, 6.07) is 11.0. The van der Waals surface area contributed by atoms with Crippen molar-refractivity contribution in [3.8, 4) is 17.2 Å². The van der Waals surface area contributed by atoms with E-state index in [4.69, 9.17) is 16.0 Å². The van der Waals surface area contributed by atoms with Gasteiger partial charge in [-0.1, -0.05) is 23.7 Å². The zero-order valence-electron chi connectivity index (χ0n) is 15.6. The van der Waals surface area contributed by atoms with Crippen molar-refractivity contribution in [1.29, 1.82) is 0 Å². The Hall–Kier alpha value is -3.59. The maximum absolute atomic E-state index is 14.2. The molecule has 0 radical (unpaired) electrons. The molecule has 0 saturated carbocycles. The van der Waals surface area contributed by atoms with Crippen LogP contribution in [0, 0.1) is 23.3 Å². The quantitative estimate of drug-likeness (QED) is 0.307. The first-order valence-electron chi connectivity index (χ1n) is 8.68. The first-order valence-corrected chi connectivity index (χ1v) is 9.06. The van der Waals surface area contributed by atoms with Crippen LogP contribution >= 0.6 is 11.6 Å². The molecule has 0 fully saturated rings. The molecule has 0 aliphatic heterocycles. The molecule has 1 aromatic heterocycles. The van der Waals surface area contributed by atoms with Gasteiger partial charge in [0.05, 0.1) is 17.7 Å². The number of hydrogen-bond acceptors (Lipinski definition) is 4. The normalized spacial score (nSPS) is 11.0. The minimum atomic E-state index is -1.88. The highest BCUT2D eigenvalue weighted by molar-refractivity contribution is 6.33. The van der Waals surface area contributed by atoms with Crippen molar-refractivity contribution in [2.45, 2.75) is 0 Å². The van der Waals surface area contributed by atoms with Crippen LogP contribution in [0.5, 0.6) is 5.75 Å². The molecule has 1 N–H and O–H groups in total. The number of aromatic nitrogens is 1. The fourth-order valence-electron chi connectivity index (χ4n) is 2.94. The molecule has 0 aliphatic carbocycles. The number of oxazole rings is 1. The molecule has 31 heavy (non-hydrogen) atoms. The lowest BCUT2D eigenvalue weighted by Crippen LogP contribution is -2.18. The Labute approximate surface area is 177 Å². The molecule has 0 saturated heterocycles. The Morgan fingerprint density at radius 1 is 1.03 bits per heavy atom. The molecule has 0 atom stereocenters. The number of methoxy groups -OCH3 is 1. The molecule has 5 nitrogen and oxygen atoms in total. The van der Waals surface area contributed by atoms with E-state index in [0.717, 1.165) is 7.11 Å². The van der Waals surface area contributed by atoms with Crippen LogP contribution < -0.4 is 10.1 Å². The lowest BCUT2D eigenvalue weighted by atomic mass is 10.1. The molecule has 1 amide bonds. The zero-order chi connectivity index (χ0) is 22.3. The zero-order valence-corrected chi connectivity index (χ0v) is 16.4. The second-order valence-electron chi connectivity index (χ2n) is 6.30. The largest absolute Gasteiger partial charge is 0.491 e. The SMILES string of the molecule is COc1c(F)c(F)c(C(=O)Nc2ccc3oc(-c4ccccc4Cl)nc3c2)c(F)c1F. The van der Waals surface area contributed by atoms with E-state index in [1.54, 1.807) is 24.3 Å². The van der Waals surface area contributed by atoms with E-state index in [2.05, 4.69) is 15.0 Å². The first-order chi connectivity index (χ1) is 14.8. The van der Waals surface area contributed by atoms with Crippen molar-refractivity contribution < 1.29 is 31.5 Å². The average Bonchev–Trinajstić information content (AvgIpc) is 3.16. The fraction of sp³-hybridized carbons (Fsp3) is 0.0476. The van der Waals surface area contributed by atoms with Crippen molar-refractivity contribution in [2.24, 2.45) is 0 Å². The molecular weight excluding hydrogens is 440 g/mol. The number of carbonyl (C=O) groups excluding carboxylic acids is 1. The molecule has 3 aromatic carbocycles. The smallest absolute Gasteiger partial charge is 0.261 e. The van der Waals surface area contributed by atoms with Crippen molar-refractivity contribution in [3.63, 3.8) is 0 Å². The maximum Gasteiger partial charge on any atom is 0.261 e. The summed E-state index contributed by atoms with van der Waals surface area (Å²) in [5.74, 6) is -9.83. The highest BCUT2D eigenvalue weighted by atomic mass is 35.5. The van der Waals surface area contributed by atoms with Crippen molar-refractivity contribution in [1.82, 2.24) is 4.98 Å². The first kappa shape index (κ1) is 20.7. The molecule has 0 aliphatic rings. The van der Waals surface area contributed by atoms with E-state index in [0.29, 0.717) is 21.7 Å². The van der Waals surface area contributed by atoms with E-state index in [1.807, 2.05) is 0 Å². The van der Waals surface area contributed by atoms with E-state index < -0.39 is 40.5 Å². The number of nitrogens with zero attached hydrogens (tertiary/aromatic N) is 1. The second kappa shape index (κ2) is 7.92. The van der Waals surface area contributed by atoms with Gasteiger partial charge in [0.15, 0.2) is 23.0 Å². The van der Waals surface area contributed by atoms with Crippen LogP contribution in [-0.4, -0.2) is 18.0 Å². The summed E-state index contributed by atoms with van der Waals surface area (Å²) in [6.45, 7) is 0. The Bertz CT molecular complexity index is 1310. The summed E-state index contributed by atoms with van der Waals surface area (Å²) in [7, 11) is 0.837. The fourth-order valence-corrected chi connectivity index (χ4v) is 3.16. The Morgan fingerprint density at radius 3 is 2.35 bits per heavy atom. The predicted octanol–water partition coefficient (Wildman–Crippen LogP) is 5.97. The van der Waals surface area contributed by atoms with Gasteiger partial charge in [-0.25, -0.2) is 13.8 Å². The predicted molar refractivity (Wildman–Crippen MR) is 105 cm³/mol. The number of hydrogen-bond donors (Lipinski definition) is 1. The van der Waals surface area contributed by atoms with Crippen LogP contribution in [0.4, 0.5) is 23.2 Å². The Balaban J connectivity index is 1.68. The number of ether oxygens (including phenoxy) is 1. The lowest BCUT2D eigenvalue weighted by Gasteiger charge is -2.11. The van der Waals surface area contributed by atoms with E-state index in [-0.39, 0.29) is 11.6 Å². The summed E-state index contributed by atoms with van der Waals surface area (Å²) in [5, 5.41) is 2.60. The summed E-state index contributed by atoms with van der Waals surface area (Å²) >= 11 is 6.13. The molecule has 158 valence electrons. The standard InChI is InChI=1S/C21H11ClF4N2O3/c1-30-19-17(25)15(23)14(16(24)18(19)26)20(29)27-9-6-7-13-12(8-9)28-21(31-13)10-4-2-3-5-11(10)22/h2-8H,1H3,(H,27,29). The van der Waals surface area contributed by atoms with E-state index in [1.165, 1.54) is 18.2 Å². The summed E-state index contributed by atoms with van der Waals surface area (Å²) in [6.07, 6.45) is 0. The highest BCUT2D eigenvalue weighted by Gasteiger charge is 2.30. The van der Waals surface area contributed by atoms with Gasteiger partial charge in [-0.3, -0.25) is 4.79 Å². The van der Waals surface area contributed by atoms with Crippen molar-refractivity contribution >= 4 is 34.3 Å². The summed E-state index contributed by atoms with van der Waals surface area (Å²) in [4.78, 5) is 16.6. The number of amides is 1. The van der Waals surface area contributed by atoms with Crippen LogP contribution in [0.1, 0.15) is 10.4 Å². The molecule has 0 spiro atoms. The third kappa shape index (κ3) is 3.57. The number of rotatable bonds is 4. The molecule has 4 rings (SSSR count). The molecule has 1 heterocycles. The molecule has 0 unspecified atom stereocenters. The summed E-state index contributed by atoms with van der Waals surface area (Å²) < 4.78 is 66.0. The van der Waals surface area contributed by atoms with Crippen LogP contribution in [0.25, 0.3) is 22.6 Å². The molecule has 10 heteroatoms. The monoisotopic (exact) mass is 450 g/mol. The van der Waals surface area contributed by atoms with Crippen molar-refractivity contribution in [3.05, 3.63) is 76.3 Å². The lowest BCUT2D eigenvalue weighted by molar-refractivity contribution is 0.101. The van der Waals surface area contributed by atoms with Gasteiger partial charge in [0.25, 0.3) is 5.91 Å². The van der Waals surface area contributed by atoms with Gasteiger partial charge in [-0.05, 0) is 30.3 Å². The third-order valence-electron chi connectivity index (χ3n) is 4.40. The minimum Gasteiger partial charge on any atom is -0.491 e. The van der Waals surface area contributed by atoms with Crippen LogP contribution in [0.3, 0.4) is 0 Å². The molecular formula is C21H11ClF4N2O3. The van der Waals surface area contributed by atoms with Crippen molar-refractivity contribution in [2.75, 3.05) is 12.4 Å². The van der Waals surface area contributed by atoms with Gasteiger partial charge >= 0.3 is 0 Å². The van der Waals surface area contributed by atoms with Crippen LogP contribution in [0.15, 0.2) is 46.9 Å². The highest BCUT2D eigenvalue weighted by Crippen LogP contribution is 2.32. The average molecular weight is 451 g/mol. The number of halogens is 5. The van der Waals surface area contributed by atoms with E-state index >= 15 is 0 Å². The summed E-state index contributed by atoms with van der Waals surface area (Å²) in [5.41, 5.74) is -0.161. The van der Waals surface area contributed by atoms with Gasteiger partial charge in [-0.15, -0.1) is 0 Å². The van der Waals surface area contributed by atoms with Gasteiger partial charge in [0.1, 0.15) is 11.1 Å². The van der Waals surface area contributed by atoms with Crippen LogP contribution in [0.2, 0.25) is 5.02 Å². The number of fused-ring (bicyclic) bond motifs is 1. The van der Waals surface area contributed by atoms with Gasteiger partial charge in [-0.2, -0.15) is 8.78 Å². The number of benzene rings is 3.